The zero-order valence-electron chi connectivity index (χ0n) is 14.8. The van der Waals surface area contributed by atoms with E-state index < -0.39 is 37.0 Å². The summed E-state index contributed by atoms with van der Waals surface area (Å²) in [6.45, 7) is -0.118. The lowest BCUT2D eigenvalue weighted by Crippen LogP contribution is -2.44. The number of benzene rings is 2. The van der Waals surface area contributed by atoms with Crippen molar-refractivity contribution in [2.45, 2.75) is 37.0 Å². The molecule has 2 aliphatic heterocycles. The fourth-order valence-corrected chi connectivity index (χ4v) is 3.75. The van der Waals surface area contributed by atoms with Crippen LogP contribution >= 0.6 is 23.2 Å². The van der Waals surface area contributed by atoms with Crippen LogP contribution in [0.1, 0.15) is 23.7 Å². The van der Waals surface area contributed by atoms with Crippen LogP contribution in [-0.4, -0.2) is 47.8 Å². The van der Waals surface area contributed by atoms with Gasteiger partial charge in [0.15, 0.2) is 12.6 Å². The maximum Gasteiger partial charge on any atom is 0.185 e. The third-order valence-electron chi connectivity index (χ3n) is 4.72. The summed E-state index contributed by atoms with van der Waals surface area (Å²) in [5.74, 6) is 0. The van der Waals surface area contributed by atoms with Crippen molar-refractivity contribution in [2.75, 3.05) is 13.2 Å². The van der Waals surface area contributed by atoms with Crippen molar-refractivity contribution in [3.05, 3.63) is 69.7 Å². The first-order valence-corrected chi connectivity index (χ1v) is 9.68. The highest BCUT2D eigenvalue weighted by atomic mass is 35.5. The molecule has 4 rings (SSSR count). The van der Waals surface area contributed by atoms with Crippen molar-refractivity contribution in [1.29, 1.82) is 0 Å². The van der Waals surface area contributed by atoms with Crippen LogP contribution in [-0.2, 0) is 18.9 Å². The van der Waals surface area contributed by atoms with Gasteiger partial charge in [0.05, 0.1) is 13.2 Å². The molecular formula is C20H20Cl2O6. The summed E-state index contributed by atoms with van der Waals surface area (Å²) >= 11 is 12.1. The van der Waals surface area contributed by atoms with Crippen molar-refractivity contribution >= 4 is 23.2 Å². The van der Waals surface area contributed by atoms with Crippen LogP contribution in [0.25, 0.3) is 0 Å². The molecule has 0 amide bonds. The van der Waals surface area contributed by atoms with Gasteiger partial charge in [0.1, 0.15) is 24.4 Å². The molecule has 28 heavy (non-hydrogen) atoms. The number of hydrogen-bond acceptors (Lipinski definition) is 6. The van der Waals surface area contributed by atoms with Gasteiger partial charge in [0.25, 0.3) is 0 Å². The molecule has 2 aliphatic rings. The Kier molecular flexibility index (Phi) is 6.20. The van der Waals surface area contributed by atoms with Crippen molar-refractivity contribution in [3.8, 4) is 0 Å². The van der Waals surface area contributed by atoms with Crippen molar-refractivity contribution in [1.82, 2.24) is 0 Å². The predicted octanol–water partition coefficient (Wildman–Crippen LogP) is 3.24. The van der Waals surface area contributed by atoms with Crippen LogP contribution < -0.4 is 0 Å². The normalized spacial score (nSPS) is 33.6. The van der Waals surface area contributed by atoms with Crippen LogP contribution in [0.2, 0.25) is 10.0 Å². The fourth-order valence-electron chi connectivity index (χ4n) is 3.36. The Hall–Kier alpha value is -1.22. The molecule has 2 unspecified atom stereocenters. The third-order valence-corrected chi connectivity index (χ3v) is 5.19. The SMILES string of the molecule is O[C@@H]1COC(c2cccc(Cl)c2)OC[C@H](O)[C@@H]2OC(c3cccc(Cl)c3)O[C@H]21. The predicted molar refractivity (Wildman–Crippen MR) is 102 cm³/mol. The second-order valence-electron chi connectivity index (χ2n) is 6.78. The zero-order valence-corrected chi connectivity index (χ0v) is 16.3. The summed E-state index contributed by atoms with van der Waals surface area (Å²) in [4.78, 5) is 0. The van der Waals surface area contributed by atoms with E-state index in [4.69, 9.17) is 42.1 Å². The number of halogens is 2. The van der Waals surface area contributed by atoms with Gasteiger partial charge in [0, 0.05) is 21.2 Å². The summed E-state index contributed by atoms with van der Waals surface area (Å²) in [6.07, 6.45) is -5.12. The maximum atomic E-state index is 10.6. The number of rotatable bonds is 2. The monoisotopic (exact) mass is 426 g/mol. The molecule has 6 atom stereocenters. The summed E-state index contributed by atoms with van der Waals surface area (Å²) in [5, 5.41) is 22.3. The van der Waals surface area contributed by atoms with Gasteiger partial charge in [0.2, 0.25) is 0 Å². The lowest BCUT2D eigenvalue weighted by molar-refractivity contribution is -0.183. The van der Waals surface area contributed by atoms with Crippen LogP contribution in [0.4, 0.5) is 0 Å². The standard InChI is InChI=1S/C20H20Cl2O6/c21-13-5-1-3-11(7-13)19-25-9-15(23)17-18(16(24)10-26-19)28-20(27-17)12-4-2-6-14(22)8-12/h1-8,15-20,23-24H,9-10H2/t15-,16+,17-,18-,19?,20?/m0/s1. The first-order chi connectivity index (χ1) is 13.5. The number of aliphatic hydroxyl groups excluding tert-OH is 2. The van der Waals surface area contributed by atoms with E-state index >= 15 is 0 Å². The zero-order chi connectivity index (χ0) is 19.7. The third kappa shape index (κ3) is 4.35. The largest absolute Gasteiger partial charge is 0.388 e. The molecular weight excluding hydrogens is 407 g/mol. The van der Waals surface area contributed by atoms with E-state index in [1.807, 2.05) is 6.07 Å². The molecule has 0 aliphatic carbocycles. The second-order valence-corrected chi connectivity index (χ2v) is 7.65. The molecule has 2 fully saturated rings. The minimum Gasteiger partial charge on any atom is -0.388 e. The van der Waals surface area contributed by atoms with E-state index in [0.717, 1.165) is 0 Å². The molecule has 6 nitrogen and oxygen atoms in total. The van der Waals surface area contributed by atoms with Crippen molar-refractivity contribution < 1.29 is 29.2 Å². The topological polar surface area (TPSA) is 77.4 Å². The molecule has 2 aromatic rings. The van der Waals surface area contributed by atoms with E-state index in [1.54, 1.807) is 42.5 Å². The molecule has 0 spiro atoms. The van der Waals surface area contributed by atoms with Gasteiger partial charge in [-0.15, -0.1) is 0 Å². The average Bonchev–Trinajstić information content (AvgIpc) is 3.14. The minimum absolute atomic E-state index is 0.0588. The molecule has 0 saturated carbocycles. The van der Waals surface area contributed by atoms with Gasteiger partial charge in [-0.25, -0.2) is 0 Å². The highest BCUT2D eigenvalue weighted by molar-refractivity contribution is 6.30. The van der Waals surface area contributed by atoms with Crippen LogP contribution in [0, 0.1) is 0 Å². The molecule has 0 radical (unpaired) electrons. The van der Waals surface area contributed by atoms with Gasteiger partial charge in [-0.05, 0) is 24.3 Å². The maximum absolute atomic E-state index is 10.6. The molecule has 2 N–H and O–H groups in total. The number of fused-ring (bicyclic) bond motifs is 1. The smallest absolute Gasteiger partial charge is 0.185 e. The fraction of sp³-hybridized carbons (Fsp3) is 0.400. The lowest BCUT2D eigenvalue weighted by Gasteiger charge is -2.23. The Labute approximate surface area is 172 Å². The Morgan fingerprint density at radius 3 is 1.64 bits per heavy atom. The van der Waals surface area contributed by atoms with Crippen LogP contribution in [0.15, 0.2) is 48.5 Å². The van der Waals surface area contributed by atoms with E-state index in [0.29, 0.717) is 21.2 Å². The van der Waals surface area contributed by atoms with Crippen LogP contribution in [0.5, 0.6) is 0 Å². The second kappa shape index (κ2) is 8.65. The summed E-state index contributed by atoms with van der Waals surface area (Å²) in [5.41, 5.74) is 1.40. The molecule has 0 aromatic heterocycles. The summed E-state index contributed by atoms with van der Waals surface area (Å²) in [7, 11) is 0. The van der Waals surface area contributed by atoms with E-state index in [9.17, 15) is 10.2 Å². The lowest BCUT2D eigenvalue weighted by atomic mass is 10.0. The molecule has 2 heterocycles. The van der Waals surface area contributed by atoms with Crippen molar-refractivity contribution in [3.63, 3.8) is 0 Å². The van der Waals surface area contributed by atoms with Gasteiger partial charge in [-0.1, -0.05) is 47.5 Å². The summed E-state index contributed by atoms with van der Waals surface area (Å²) < 4.78 is 23.3. The van der Waals surface area contributed by atoms with E-state index in [2.05, 4.69) is 0 Å². The van der Waals surface area contributed by atoms with E-state index in [1.165, 1.54) is 0 Å². The minimum atomic E-state index is -1.02. The highest BCUT2D eigenvalue weighted by Crippen LogP contribution is 2.37. The number of aliphatic hydroxyl groups is 2. The molecule has 150 valence electrons. The Morgan fingerprint density at radius 2 is 1.18 bits per heavy atom. The highest BCUT2D eigenvalue weighted by Gasteiger charge is 2.46. The molecule has 8 heteroatoms. The Balaban J connectivity index is 1.51. The van der Waals surface area contributed by atoms with Gasteiger partial charge >= 0.3 is 0 Å². The molecule has 2 saturated heterocycles. The number of ether oxygens (including phenoxy) is 4. The Bertz CT molecular complexity index is 753. The van der Waals surface area contributed by atoms with Crippen LogP contribution in [0.3, 0.4) is 0 Å². The number of hydrogen-bond donors (Lipinski definition) is 2. The first kappa shape index (κ1) is 20.1. The van der Waals surface area contributed by atoms with E-state index in [-0.39, 0.29) is 13.2 Å². The van der Waals surface area contributed by atoms with Gasteiger partial charge < -0.3 is 29.2 Å². The van der Waals surface area contributed by atoms with Crippen molar-refractivity contribution in [2.24, 2.45) is 0 Å². The average molecular weight is 427 g/mol. The summed E-state index contributed by atoms with van der Waals surface area (Å²) in [6, 6.07) is 14.1. The molecule has 0 bridgehead atoms. The van der Waals surface area contributed by atoms with Gasteiger partial charge in [-0.2, -0.15) is 0 Å². The molecule has 2 aromatic carbocycles. The quantitative estimate of drug-likeness (QED) is 0.767. The van der Waals surface area contributed by atoms with Gasteiger partial charge in [-0.3, -0.25) is 0 Å². The Morgan fingerprint density at radius 1 is 0.714 bits per heavy atom. The first-order valence-electron chi connectivity index (χ1n) is 8.92.